The number of benzene rings is 1. The van der Waals surface area contributed by atoms with Gasteiger partial charge >= 0.3 is 0 Å². The number of hydrogen-bond acceptors (Lipinski definition) is 0. The average molecular weight is 128 g/mol. The van der Waals surface area contributed by atoms with Crippen LogP contribution in [0.1, 0.15) is 6.93 Å². The van der Waals surface area contributed by atoms with Crippen LogP contribution in [0.25, 0.3) is 0 Å². The molecule has 0 amide bonds. The lowest BCUT2D eigenvalue weighted by Crippen LogP contribution is -1.66. The Bertz CT molecular complexity index is 181. The Balaban J connectivity index is 2.88. The number of hydrogen-bond donors (Lipinski definition) is 0. The van der Waals surface area contributed by atoms with Gasteiger partial charge in [-0.2, -0.15) is 0 Å². The van der Waals surface area contributed by atoms with Gasteiger partial charge in [0.25, 0.3) is 0 Å². The predicted molar refractivity (Wildman–Crippen MR) is 36.2 cm³/mol. The molecule has 0 aliphatic carbocycles. The number of aryl methyl sites for hydroxylation is 1. The topological polar surface area (TPSA) is 0 Å². The van der Waals surface area contributed by atoms with Crippen LogP contribution >= 0.6 is 11.6 Å². The number of rotatable bonds is 0. The third-order valence-electron chi connectivity index (χ3n) is 0.913. The molecule has 0 saturated heterocycles. The van der Waals surface area contributed by atoms with E-state index < -0.39 is 0 Å². The summed E-state index contributed by atoms with van der Waals surface area (Å²) in [5.74, 6) is 0. The molecule has 0 fully saturated rings. The maximum atomic E-state index is 6.97. The molecule has 0 aromatic heterocycles. The molecule has 1 heteroatoms. The van der Waals surface area contributed by atoms with E-state index in [-0.39, 0.29) is 0 Å². The van der Waals surface area contributed by atoms with Crippen molar-refractivity contribution in [3.8, 4) is 0 Å². The van der Waals surface area contributed by atoms with Crippen LogP contribution < -0.4 is 0 Å². The molecule has 8 heavy (non-hydrogen) atoms. The molecule has 0 unspecified atom stereocenters. The molecule has 0 bridgehead atoms. The first-order valence-corrected chi connectivity index (χ1v) is 2.74. The van der Waals surface area contributed by atoms with Gasteiger partial charge in [-0.3, -0.25) is 0 Å². The minimum atomic E-state index is 0.331. The van der Waals surface area contributed by atoms with E-state index in [2.05, 4.69) is 0 Å². The lowest BCUT2D eigenvalue weighted by atomic mass is 10.2. The van der Waals surface area contributed by atoms with Crippen molar-refractivity contribution in [1.82, 2.24) is 0 Å². The molecule has 0 N–H and O–H groups in total. The highest BCUT2D eigenvalue weighted by Gasteiger charge is 1.81. The van der Waals surface area contributed by atoms with E-state index in [0.29, 0.717) is 6.90 Å². The Morgan fingerprint density at radius 1 is 1.38 bits per heavy atom. The summed E-state index contributed by atoms with van der Waals surface area (Å²) < 4.78 is 6.97. The van der Waals surface area contributed by atoms with Gasteiger partial charge in [0.1, 0.15) is 0 Å². The Kier molecular flexibility index (Phi) is 1.20. The Morgan fingerprint density at radius 2 is 2.00 bits per heavy atom. The maximum Gasteiger partial charge on any atom is 0.0406 e. The zero-order chi connectivity index (χ0) is 6.69. The summed E-state index contributed by atoms with van der Waals surface area (Å²) in [7, 11) is 0. The van der Waals surface area contributed by atoms with Crippen molar-refractivity contribution >= 4 is 11.6 Å². The van der Waals surface area contributed by atoms with Crippen LogP contribution in [0.4, 0.5) is 0 Å². The summed E-state index contributed by atoms with van der Waals surface area (Å²) in [6, 6.07) is 7.31. The molecule has 1 aromatic rings. The van der Waals surface area contributed by atoms with Crippen LogP contribution in [0, 0.1) is 6.90 Å². The fourth-order valence-electron chi connectivity index (χ4n) is 0.484. The largest absolute Gasteiger partial charge is 0.0843 e. The highest BCUT2D eigenvalue weighted by molar-refractivity contribution is 6.30. The molecule has 0 heterocycles. The monoisotopic (exact) mass is 127 g/mol. The van der Waals surface area contributed by atoms with Gasteiger partial charge in [-0.1, -0.05) is 29.3 Å². The van der Waals surface area contributed by atoms with Crippen LogP contribution in [0.15, 0.2) is 24.3 Å². The lowest BCUT2D eigenvalue weighted by molar-refractivity contribution is 1.48. The first kappa shape index (κ1) is 4.39. The fraction of sp³-hybridized carbons (Fsp3) is 0.143. The van der Waals surface area contributed by atoms with Crippen molar-refractivity contribution < 1.29 is 1.37 Å². The average Bonchev–Trinajstić information content (AvgIpc) is 1.90. The maximum absolute atomic E-state index is 6.97. The van der Waals surface area contributed by atoms with Crippen molar-refractivity contribution in [2.75, 3.05) is 0 Å². The predicted octanol–water partition coefficient (Wildman–Crippen LogP) is 2.65. The molecule has 0 atom stereocenters. The minimum Gasteiger partial charge on any atom is -0.0843 e. The van der Waals surface area contributed by atoms with Crippen LogP contribution in [0.3, 0.4) is 0 Å². The van der Waals surface area contributed by atoms with Crippen molar-refractivity contribution in [1.29, 1.82) is 0 Å². The summed E-state index contributed by atoms with van der Waals surface area (Å²) in [4.78, 5) is 0. The summed E-state index contributed by atoms with van der Waals surface area (Å²) in [5, 5.41) is 0.729. The minimum absolute atomic E-state index is 0.331. The van der Waals surface area contributed by atoms with Gasteiger partial charge in [-0.25, -0.2) is 0 Å². The molecule has 0 spiro atoms. The highest BCUT2D eigenvalue weighted by Crippen LogP contribution is 2.07. The summed E-state index contributed by atoms with van der Waals surface area (Å²) in [6.07, 6.45) is 0. The Labute approximate surface area is 55.5 Å². The molecule has 42 valence electrons. The van der Waals surface area contributed by atoms with Gasteiger partial charge in [0.05, 0.1) is 0 Å². The molecular weight excluding hydrogens is 120 g/mol. The van der Waals surface area contributed by atoms with Crippen molar-refractivity contribution in [3.63, 3.8) is 0 Å². The second-order valence-corrected chi connectivity index (χ2v) is 2.06. The molecule has 0 nitrogen and oxygen atoms in total. The summed E-state index contributed by atoms with van der Waals surface area (Å²) in [5.41, 5.74) is 0.999. The van der Waals surface area contributed by atoms with Gasteiger partial charge in [-0.05, 0) is 19.0 Å². The molecule has 1 aromatic carbocycles. The van der Waals surface area contributed by atoms with E-state index in [1.54, 1.807) is 12.1 Å². The fourth-order valence-corrected chi connectivity index (χ4v) is 0.610. The van der Waals surface area contributed by atoms with Gasteiger partial charge in [0.15, 0.2) is 0 Å². The second kappa shape index (κ2) is 2.19. The van der Waals surface area contributed by atoms with Crippen LogP contribution in [0.5, 0.6) is 0 Å². The van der Waals surface area contributed by atoms with Gasteiger partial charge in [0.2, 0.25) is 0 Å². The van der Waals surface area contributed by atoms with Gasteiger partial charge in [0, 0.05) is 6.39 Å². The van der Waals surface area contributed by atoms with E-state index in [0.717, 1.165) is 10.6 Å². The van der Waals surface area contributed by atoms with Gasteiger partial charge in [-0.15, -0.1) is 0 Å². The Morgan fingerprint density at radius 3 is 2.50 bits per heavy atom. The SMILES string of the molecule is [2H]Cc1ccc(Cl)cc1. The highest BCUT2D eigenvalue weighted by atomic mass is 35.5. The lowest BCUT2D eigenvalue weighted by Gasteiger charge is -1.88. The van der Waals surface area contributed by atoms with Crippen molar-refractivity contribution in [2.45, 2.75) is 6.90 Å². The van der Waals surface area contributed by atoms with E-state index in [1.165, 1.54) is 0 Å². The zero-order valence-electron chi connectivity index (χ0n) is 5.39. The molecule has 0 aliphatic rings. The third kappa shape index (κ3) is 1.24. The van der Waals surface area contributed by atoms with E-state index >= 15 is 0 Å². The third-order valence-corrected chi connectivity index (χ3v) is 1.17. The van der Waals surface area contributed by atoms with Crippen LogP contribution in [0.2, 0.25) is 5.02 Å². The molecule has 1 rings (SSSR count). The van der Waals surface area contributed by atoms with Crippen molar-refractivity contribution in [3.05, 3.63) is 34.9 Å². The first-order chi connectivity index (χ1) is 4.33. The molecule has 0 aliphatic heterocycles. The number of halogens is 1. The smallest absolute Gasteiger partial charge is 0.0406 e. The normalized spacial score (nSPS) is 10.9. The van der Waals surface area contributed by atoms with E-state index in [4.69, 9.17) is 13.0 Å². The molecule has 0 radical (unpaired) electrons. The first-order valence-electron chi connectivity index (χ1n) is 3.07. The van der Waals surface area contributed by atoms with E-state index in [9.17, 15) is 0 Å². The standard InChI is InChI=1S/C7H7Cl/c1-6-2-4-7(8)5-3-6/h2-5H,1H3/i1D. The molecule has 0 saturated carbocycles. The van der Waals surface area contributed by atoms with Crippen molar-refractivity contribution in [2.24, 2.45) is 0 Å². The molecular formula is C7H7Cl. The second-order valence-electron chi connectivity index (χ2n) is 1.63. The summed E-state index contributed by atoms with van der Waals surface area (Å²) in [6.45, 7) is 0.331. The van der Waals surface area contributed by atoms with E-state index in [1.807, 2.05) is 12.1 Å². The van der Waals surface area contributed by atoms with Crippen LogP contribution in [-0.2, 0) is 0 Å². The summed E-state index contributed by atoms with van der Waals surface area (Å²) >= 11 is 5.61. The van der Waals surface area contributed by atoms with Gasteiger partial charge < -0.3 is 0 Å². The zero-order valence-corrected chi connectivity index (χ0v) is 5.15. The quantitative estimate of drug-likeness (QED) is 0.503. The Hall–Kier alpha value is -0.490. The van der Waals surface area contributed by atoms with Crippen LogP contribution in [-0.4, -0.2) is 0 Å².